The number of hydrogen-bond acceptors (Lipinski definition) is 2. The van der Waals surface area contributed by atoms with E-state index in [4.69, 9.17) is 10.8 Å². The van der Waals surface area contributed by atoms with Gasteiger partial charge >= 0.3 is 0 Å². The van der Waals surface area contributed by atoms with Gasteiger partial charge in [0, 0.05) is 4.91 Å². The van der Waals surface area contributed by atoms with Crippen LogP contribution in [0.3, 0.4) is 0 Å². The SMILES string of the molecule is CC(/C=C/c1ccccc1C#N)N=[N+]=[N-]. The molecule has 1 rings (SSSR count). The number of nitriles is 1. The predicted octanol–water partition coefficient (Wildman–Crippen LogP) is 3.27. The fraction of sp³-hybridized carbons (Fsp3) is 0.182. The topological polar surface area (TPSA) is 72.5 Å². The number of azide groups is 1. The van der Waals surface area contributed by atoms with Gasteiger partial charge in [-0.3, -0.25) is 0 Å². The van der Waals surface area contributed by atoms with Gasteiger partial charge in [0.1, 0.15) is 0 Å². The molecule has 1 unspecified atom stereocenters. The lowest BCUT2D eigenvalue weighted by Gasteiger charge is -1.97. The van der Waals surface area contributed by atoms with Crippen LogP contribution in [0, 0.1) is 11.3 Å². The van der Waals surface area contributed by atoms with Gasteiger partial charge in [-0.2, -0.15) is 5.26 Å². The number of nitrogens with zero attached hydrogens (tertiary/aromatic N) is 4. The Balaban J connectivity index is 2.90. The van der Waals surface area contributed by atoms with Crippen molar-refractivity contribution >= 4 is 6.08 Å². The van der Waals surface area contributed by atoms with E-state index in [1.807, 2.05) is 18.2 Å². The van der Waals surface area contributed by atoms with Gasteiger partial charge in [-0.25, -0.2) is 0 Å². The van der Waals surface area contributed by atoms with Crippen LogP contribution in [0.15, 0.2) is 35.5 Å². The standard InChI is InChI=1S/C11H10N4/c1-9(14-15-13)6-7-10-4-2-3-5-11(10)8-12/h2-7,9H,1H3/b7-6+. The Morgan fingerprint density at radius 3 is 2.93 bits per heavy atom. The summed E-state index contributed by atoms with van der Waals surface area (Å²) in [6, 6.07) is 9.16. The molecule has 4 heteroatoms. The summed E-state index contributed by atoms with van der Waals surface area (Å²) in [7, 11) is 0. The van der Waals surface area contributed by atoms with Crippen molar-refractivity contribution in [2.45, 2.75) is 13.0 Å². The Bertz CT molecular complexity index is 450. The second-order valence-corrected chi connectivity index (χ2v) is 3.00. The first-order chi connectivity index (χ1) is 7.27. The summed E-state index contributed by atoms with van der Waals surface area (Å²) in [5, 5.41) is 12.3. The maximum atomic E-state index is 8.82. The number of hydrogen-bond donors (Lipinski definition) is 0. The van der Waals surface area contributed by atoms with Crippen molar-refractivity contribution < 1.29 is 0 Å². The lowest BCUT2D eigenvalue weighted by molar-refractivity contribution is 0.915. The van der Waals surface area contributed by atoms with Crippen molar-refractivity contribution in [1.82, 2.24) is 0 Å². The van der Waals surface area contributed by atoms with Crippen LogP contribution in [0.25, 0.3) is 16.5 Å². The number of benzene rings is 1. The Morgan fingerprint density at radius 2 is 2.27 bits per heavy atom. The molecule has 0 aliphatic heterocycles. The molecule has 1 aromatic rings. The zero-order chi connectivity index (χ0) is 11.1. The van der Waals surface area contributed by atoms with E-state index in [9.17, 15) is 0 Å². The molecule has 4 nitrogen and oxygen atoms in total. The fourth-order valence-corrected chi connectivity index (χ4v) is 1.11. The van der Waals surface area contributed by atoms with Crippen molar-refractivity contribution in [2.75, 3.05) is 0 Å². The molecule has 0 N–H and O–H groups in total. The van der Waals surface area contributed by atoms with Crippen molar-refractivity contribution in [1.29, 1.82) is 5.26 Å². The highest BCUT2D eigenvalue weighted by Gasteiger charge is 1.96. The van der Waals surface area contributed by atoms with Crippen LogP contribution in [0.1, 0.15) is 18.1 Å². The van der Waals surface area contributed by atoms with E-state index in [0.29, 0.717) is 5.56 Å². The lowest BCUT2D eigenvalue weighted by atomic mass is 10.1. The third-order valence-corrected chi connectivity index (χ3v) is 1.87. The molecule has 0 saturated heterocycles. The van der Waals surface area contributed by atoms with E-state index in [1.54, 1.807) is 25.1 Å². The van der Waals surface area contributed by atoms with Crippen LogP contribution in [0.4, 0.5) is 0 Å². The molecule has 0 aliphatic rings. The second kappa shape index (κ2) is 5.48. The van der Waals surface area contributed by atoms with Gasteiger partial charge in [0.15, 0.2) is 0 Å². The molecule has 0 fully saturated rings. The Hall–Kier alpha value is -2.24. The van der Waals surface area contributed by atoms with Gasteiger partial charge in [0.05, 0.1) is 17.7 Å². The van der Waals surface area contributed by atoms with Crippen molar-refractivity contribution in [3.63, 3.8) is 0 Å². The summed E-state index contributed by atoms with van der Waals surface area (Å²) >= 11 is 0. The number of rotatable bonds is 3. The van der Waals surface area contributed by atoms with Crippen molar-refractivity contribution in [2.24, 2.45) is 5.11 Å². The van der Waals surface area contributed by atoms with Crippen LogP contribution in [0.5, 0.6) is 0 Å². The summed E-state index contributed by atoms with van der Waals surface area (Å²) in [6.45, 7) is 1.78. The zero-order valence-electron chi connectivity index (χ0n) is 8.33. The minimum atomic E-state index is -0.207. The first-order valence-electron chi connectivity index (χ1n) is 4.49. The van der Waals surface area contributed by atoms with Gasteiger partial charge in [-0.15, -0.1) is 0 Å². The highest BCUT2D eigenvalue weighted by atomic mass is 15.1. The average Bonchev–Trinajstić information content (AvgIpc) is 2.27. The fourth-order valence-electron chi connectivity index (χ4n) is 1.11. The maximum Gasteiger partial charge on any atom is 0.0997 e. The average molecular weight is 198 g/mol. The quantitative estimate of drug-likeness (QED) is 0.417. The molecule has 1 atom stereocenters. The van der Waals surface area contributed by atoms with Gasteiger partial charge in [-0.05, 0) is 17.2 Å². The van der Waals surface area contributed by atoms with Crippen LogP contribution in [-0.4, -0.2) is 6.04 Å². The monoisotopic (exact) mass is 198 g/mol. The summed E-state index contributed by atoms with van der Waals surface area (Å²) in [6.07, 6.45) is 3.55. The normalized spacial score (nSPS) is 11.7. The van der Waals surface area contributed by atoms with E-state index in [0.717, 1.165) is 5.56 Å². The smallest absolute Gasteiger partial charge is 0.0997 e. The van der Waals surface area contributed by atoms with E-state index in [-0.39, 0.29) is 6.04 Å². The molecule has 0 bridgehead atoms. The molecule has 0 aromatic heterocycles. The highest BCUT2D eigenvalue weighted by molar-refractivity contribution is 5.58. The predicted molar refractivity (Wildman–Crippen MR) is 58.8 cm³/mol. The largest absolute Gasteiger partial charge is 0.192 e. The Morgan fingerprint density at radius 1 is 1.53 bits per heavy atom. The van der Waals surface area contributed by atoms with Gasteiger partial charge in [0.25, 0.3) is 0 Å². The summed E-state index contributed by atoms with van der Waals surface area (Å²) < 4.78 is 0. The molecular weight excluding hydrogens is 188 g/mol. The van der Waals surface area contributed by atoms with Crippen LogP contribution in [0.2, 0.25) is 0 Å². The highest BCUT2D eigenvalue weighted by Crippen LogP contribution is 2.10. The van der Waals surface area contributed by atoms with E-state index in [1.165, 1.54) is 0 Å². The molecule has 15 heavy (non-hydrogen) atoms. The molecule has 0 saturated carbocycles. The van der Waals surface area contributed by atoms with E-state index < -0.39 is 0 Å². The van der Waals surface area contributed by atoms with Crippen molar-refractivity contribution in [3.8, 4) is 6.07 Å². The van der Waals surface area contributed by atoms with Crippen molar-refractivity contribution in [3.05, 3.63) is 51.9 Å². The van der Waals surface area contributed by atoms with Gasteiger partial charge in [-0.1, -0.05) is 42.4 Å². The summed E-state index contributed by atoms with van der Waals surface area (Å²) in [4.78, 5) is 2.70. The summed E-state index contributed by atoms with van der Waals surface area (Å²) in [5.74, 6) is 0. The molecule has 1 aromatic carbocycles. The Kier molecular flexibility index (Phi) is 3.96. The molecule has 0 amide bonds. The summed E-state index contributed by atoms with van der Waals surface area (Å²) in [5.41, 5.74) is 9.65. The maximum absolute atomic E-state index is 8.82. The van der Waals surface area contributed by atoms with Crippen LogP contribution < -0.4 is 0 Å². The minimum absolute atomic E-state index is 0.207. The molecule has 74 valence electrons. The third kappa shape index (κ3) is 3.18. The zero-order valence-corrected chi connectivity index (χ0v) is 8.33. The van der Waals surface area contributed by atoms with Crippen LogP contribution in [-0.2, 0) is 0 Å². The second-order valence-electron chi connectivity index (χ2n) is 3.00. The first kappa shape index (κ1) is 10.8. The van der Waals surface area contributed by atoms with Gasteiger partial charge < -0.3 is 0 Å². The third-order valence-electron chi connectivity index (χ3n) is 1.87. The van der Waals surface area contributed by atoms with E-state index >= 15 is 0 Å². The molecule has 0 heterocycles. The first-order valence-corrected chi connectivity index (χ1v) is 4.49. The Labute approximate surface area is 88.1 Å². The molecular formula is C11H10N4. The van der Waals surface area contributed by atoms with Crippen LogP contribution >= 0.6 is 0 Å². The van der Waals surface area contributed by atoms with E-state index in [2.05, 4.69) is 16.1 Å². The lowest BCUT2D eigenvalue weighted by Crippen LogP contribution is -1.89. The molecule has 0 aliphatic carbocycles. The minimum Gasteiger partial charge on any atom is -0.192 e. The van der Waals surface area contributed by atoms with Gasteiger partial charge in [0.2, 0.25) is 0 Å². The molecule has 0 spiro atoms. The molecule has 0 radical (unpaired) electrons.